The Hall–Kier alpha value is -1.13. The molecule has 0 radical (unpaired) electrons. The number of benzene rings is 1. The van der Waals surface area contributed by atoms with Crippen molar-refractivity contribution in [3.8, 4) is 0 Å². The Morgan fingerprint density at radius 2 is 2.16 bits per heavy atom. The number of amides is 1. The zero-order valence-corrected chi connectivity index (χ0v) is 12.6. The summed E-state index contributed by atoms with van der Waals surface area (Å²) < 4.78 is 0.957. The van der Waals surface area contributed by atoms with E-state index in [9.17, 15) is 9.90 Å². The zero-order chi connectivity index (χ0) is 14.0. The van der Waals surface area contributed by atoms with Crippen LogP contribution in [-0.4, -0.2) is 23.2 Å². The first kappa shape index (κ1) is 14.3. The predicted octanol–water partition coefficient (Wildman–Crippen LogP) is 2.74. The molecule has 3 nitrogen and oxygen atoms in total. The topological polar surface area (TPSA) is 49.3 Å². The minimum Gasteiger partial charge on any atom is -0.392 e. The lowest BCUT2D eigenvalue weighted by molar-refractivity contribution is -0.124. The van der Waals surface area contributed by atoms with Crippen LogP contribution in [0.5, 0.6) is 0 Å². The molecule has 0 heterocycles. The number of rotatable bonds is 3. The summed E-state index contributed by atoms with van der Waals surface area (Å²) in [6, 6.07) is 7.76. The highest BCUT2D eigenvalue weighted by atomic mass is 79.9. The smallest absolute Gasteiger partial charge is 0.244 e. The van der Waals surface area contributed by atoms with Crippen molar-refractivity contribution in [3.63, 3.8) is 0 Å². The highest BCUT2D eigenvalue weighted by Crippen LogP contribution is 2.40. The van der Waals surface area contributed by atoms with Crippen molar-refractivity contribution < 1.29 is 9.90 Å². The van der Waals surface area contributed by atoms with Crippen LogP contribution < -0.4 is 5.32 Å². The lowest BCUT2D eigenvalue weighted by Gasteiger charge is -2.49. The van der Waals surface area contributed by atoms with Gasteiger partial charge in [0, 0.05) is 22.0 Å². The predicted molar refractivity (Wildman–Crippen MR) is 79.5 cm³/mol. The fourth-order valence-electron chi connectivity index (χ4n) is 2.14. The van der Waals surface area contributed by atoms with Gasteiger partial charge in [-0.25, -0.2) is 0 Å². The lowest BCUT2D eigenvalue weighted by Crippen LogP contribution is -2.60. The van der Waals surface area contributed by atoms with Crippen LogP contribution in [0.3, 0.4) is 0 Å². The minimum absolute atomic E-state index is 0.0406. The van der Waals surface area contributed by atoms with Crippen LogP contribution in [0.1, 0.15) is 25.8 Å². The van der Waals surface area contributed by atoms with E-state index in [1.165, 1.54) is 6.08 Å². The number of carbonyl (C=O) groups is 1. The maximum absolute atomic E-state index is 11.8. The number of aliphatic hydroxyl groups excluding tert-OH is 1. The van der Waals surface area contributed by atoms with E-state index in [1.807, 2.05) is 38.1 Å². The van der Waals surface area contributed by atoms with Gasteiger partial charge in [-0.1, -0.05) is 48.0 Å². The summed E-state index contributed by atoms with van der Waals surface area (Å²) in [7, 11) is 0. The monoisotopic (exact) mass is 323 g/mol. The fourth-order valence-corrected chi connectivity index (χ4v) is 2.56. The molecule has 1 aliphatic carbocycles. The molecular weight excluding hydrogens is 306 g/mol. The normalized spacial score (nSPS) is 25.1. The maximum atomic E-state index is 11.8. The summed E-state index contributed by atoms with van der Waals surface area (Å²) >= 11 is 3.43. The summed E-state index contributed by atoms with van der Waals surface area (Å²) in [6.45, 7) is 3.92. The molecule has 2 N–H and O–H groups in total. The highest BCUT2D eigenvalue weighted by molar-refractivity contribution is 9.10. The molecule has 0 saturated heterocycles. The number of carbonyl (C=O) groups excluding carboxylic acids is 1. The molecule has 4 heteroatoms. The van der Waals surface area contributed by atoms with Gasteiger partial charge in [0.25, 0.3) is 0 Å². The number of aliphatic hydroxyl groups is 1. The van der Waals surface area contributed by atoms with Crippen molar-refractivity contribution in [3.05, 3.63) is 40.4 Å². The van der Waals surface area contributed by atoms with E-state index >= 15 is 0 Å². The van der Waals surface area contributed by atoms with Crippen LogP contribution in [0.2, 0.25) is 0 Å². The molecule has 0 aliphatic heterocycles. The second-order valence-corrected chi connectivity index (χ2v) is 6.34. The molecule has 1 fully saturated rings. The first-order valence-electron chi connectivity index (χ1n) is 6.32. The van der Waals surface area contributed by atoms with Crippen molar-refractivity contribution in [1.29, 1.82) is 0 Å². The average molecular weight is 324 g/mol. The summed E-state index contributed by atoms with van der Waals surface area (Å²) in [5.41, 5.74) is 0.724. The minimum atomic E-state index is -0.329. The van der Waals surface area contributed by atoms with E-state index in [0.29, 0.717) is 6.42 Å². The molecule has 19 heavy (non-hydrogen) atoms. The Kier molecular flexibility index (Phi) is 4.11. The molecule has 102 valence electrons. The molecule has 1 saturated carbocycles. The van der Waals surface area contributed by atoms with Gasteiger partial charge in [-0.15, -0.1) is 0 Å². The van der Waals surface area contributed by atoms with Crippen LogP contribution in [-0.2, 0) is 4.79 Å². The molecule has 2 unspecified atom stereocenters. The van der Waals surface area contributed by atoms with Crippen LogP contribution in [0.15, 0.2) is 34.8 Å². The van der Waals surface area contributed by atoms with Gasteiger partial charge in [-0.3, -0.25) is 4.79 Å². The summed E-state index contributed by atoms with van der Waals surface area (Å²) in [4.78, 5) is 11.8. The largest absolute Gasteiger partial charge is 0.392 e. The zero-order valence-electron chi connectivity index (χ0n) is 11.1. The summed E-state index contributed by atoms with van der Waals surface area (Å²) in [5, 5.41) is 12.6. The van der Waals surface area contributed by atoms with Gasteiger partial charge in [0.15, 0.2) is 0 Å². The van der Waals surface area contributed by atoms with E-state index in [1.54, 1.807) is 6.08 Å². The molecule has 2 atom stereocenters. The van der Waals surface area contributed by atoms with Crippen molar-refractivity contribution in [2.24, 2.45) is 5.41 Å². The SMILES string of the molecule is CC1(C)C(O)CC1NC(=O)/C=C/c1ccccc1Br. The highest BCUT2D eigenvalue weighted by Gasteiger charge is 2.47. The van der Waals surface area contributed by atoms with Crippen molar-refractivity contribution in [1.82, 2.24) is 5.32 Å². The van der Waals surface area contributed by atoms with Gasteiger partial charge in [-0.2, -0.15) is 0 Å². The van der Waals surface area contributed by atoms with Gasteiger partial charge in [-0.05, 0) is 24.1 Å². The molecule has 0 aromatic heterocycles. The first-order chi connectivity index (χ1) is 8.91. The Bertz CT molecular complexity index is 511. The van der Waals surface area contributed by atoms with E-state index < -0.39 is 0 Å². The van der Waals surface area contributed by atoms with E-state index in [4.69, 9.17) is 0 Å². The Morgan fingerprint density at radius 1 is 1.47 bits per heavy atom. The van der Waals surface area contributed by atoms with Gasteiger partial charge in [0.05, 0.1) is 6.10 Å². The average Bonchev–Trinajstić information content (AvgIpc) is 2.37. The molecule has 1 amide bonds. The van der Waals surface area contributed by atoms with Crippen LogP contribution in [0.25, 0.3) is 6.08 Å². The third-order valence-corrected chi connectivity index (χ3v) is 4.57. The molecular formula is C15H18BrNO2. The molecule has 0 spiro atoms. The number of hydrogen-bond donors (Lipinski definition) is 2. The number of halogens is 1. The molecule has 1 aromatic carbocycles. The summed E-state index contributed by atoms with van der Waals surface area (Å²) in [6.07, 6.45) is 3.61. The van der Waals surface area contributed by atoms with E-state index in [0.717, 1.165) is 10.0 Å². The first-order valence-corrected chi connectivity index (χ1v) is 7.11. The second-order valence-electron chi connectivity index (χ2n) is 5.49. The van der Waals surface area contributed by atoms with Crippen molar-refractivity contribution in [2.75, 3.05) is 0 Å². The Morgan fingerprint density at radius 3 is 2.74 bits per heavy atom. The Labute approximate surface area is 121 Å². The second kappa shape index (κ2) is 5.47. The van der Waals surface area contributed by atoms with Crippen LogP contribution in [0, 0.1) is 5.41 Å². The van der Waals surface area contributed by atoms with E-state index in [2.05, 4.69) is 21.2 Å². The van der Waals surface area contributed by atoms with E-state index in [-0.39, 0.29) is 23.5 Å². The Balaban J connectivity index is 1.94. The van der Waals surface area contributed by atoms with Gasteiger partial charge >= 0.3 is 0 Å². The maximum Gasteiger partial charge on any atom is 0.244 e. The third-order valence-electron chi connectivity index (χ3n) is 3.85. The number of nitrogens with one attached hydrogen (secondary N) is 1. The van der Waals surface area contributed by atoms with Crippen LogP contribution in [0.4, 0.5) is 0 Å². The molecule has 1 aromatic rings. The van der Waals surface area contributed by atoms with Crippen molar-refractivity contribution >= 4 is 27.9 Å². The summed E-state index contributed by atoms with van der Waals surface area (Å²) in [5.74, 6) is -0.124. The molecule has 1 aliphatic rings. The molecule has 0 bridgehead atoms. The van der Waals surface area contributed by atoms with Gasteiger partial charge < -0.3 is 10.4 Å². The van der Waals surface area contributed by atoms with Crippen LogP contribution >= 0.6 is 15.9 Å². The standard InChI is InChI=1S/C15H18BrNO2/c1-15(2)12(9-13(15)18)17-14(19)8-7-10-5-3-4-6-11(10)16/h3-8,12-13,18H,9H2,1-2H3,(H,17,19)/b8-7+. The number of hydrogen-bond acceptors (Lipinski definition) is 2. The lowest BCUT2D eigenvalue weighted by atomic mass is 9.64. The molecule has 2 rings (SSSR count). The third kappa shape index (κ3) is 3.07. The quantitative estimate of drug-likeness (QED) is 0.840. The van der Waals surface area contributed by atoms with Gasteiger partial charge in [0.2, 0.25) is 5.91 Å². The van der Waals surface area contributed by atoms with Crippen molar-refractivity contribution in [2.45, 2.75) is 32.4 Å². The van der Waals surface area contributed by atoms with Gasteiger partial charge in [0.1, 0.15) is 0 Å². The fraction of sp³-hybridized carbons (Fsp3) is 0.400.